The van der Waals surface area contributed by atoms with E-state index in [-0.39, 0.29) is 12.4 Å². The van der Waals surface area contributed by atoms with Gasteiger partial charge in [0.05, 0.1) is 13.1 Å². The van der Waals surface area contributed by atoms with Crippen molar-refractivity contribution in [2.24, 2.45) is 10.2 Å². The van der Waals surface area contributed by atoms with E-state index < -0.39 is 0 Å². The molecule has 0 saturated heterocycles. The highest BCUT2D eigenvalue weighted by atomic mass is 35.5. The van der Waals surface area contributed by atoms with E-state index >= 15 is 0 Å². The van der Waals surface area contributed by atoms with E-state index in [0.29, 0.717) is 0 Å². The average Bonchev–Trinajstić information content (AvgIpc) is 1.97. The maximum atomic E-state index is 4.02. The Morgan fingerprint density at radius 3 is 1.45 bits per heavy atom. The van der Waals surface area contributed by atoms with E-state index in [1.54, 1.807) is 0 Å². The second-order valence-corrected chi connectivity index (χ2v) is 2.44. The molecule has 0 amide bonds. The SMILES string of the molecule is CCCCN=NCCCC.Cl. The number of azo groups is 1. The van der Waals surface area contributed by atoms with Gasteiger partial charge in [0.2, 0.25) is 0 Å². The Labute approximate surface area is 75.9 Å². The zero-order chi connectivity index (χ0) is 7.66. The first-order valence-electron chi connectivity index (χ1n) is 4.25. The first-order chi connectivity index (χ1) is 4.91. The van der Waals surface area contributed by atoms with Crippen LogP contribution in [0.2, 0.25) is 0 Å². The molecule has 0 aliphatic carbocycles. The maximum absolute atomic E-state index is 4.02. The topological polar surface area (TPSA) is 24.7 Å². The smallest absolute Gasteiger partial charge is 0.0598 e. The highest BCUT2D eigenvalue weighted by Gasteiger charge is 1.80. The minimum atomic E-state index is 0. The van der Waals surface area contributed by atoms with Crippen LogP contribution in [0.3, 0.4) is 0 Å². The van der Waals surface area contributed by atoms with Gasteiger partial charge in [-0.1, -0.05) is 26.7 Å². The number of rotatable bonds is 6. The van der Waals surface area contributed by atoms with Crippen molar-refractivity contribution in [3.63, 3.8) is 0 Å². The van der Waals surface area contributed by atoms with Crippen LogP contribution < -0.4 is 0 Å². The molecule has 0 spiro atoms. The fourth-order valence-corrected chi connectivity index (χ4v) is 0.599. The molecule has 0 aromatic rings. The number of nitrogens with zero attached hydrogens (tertiary/aromatic N) is 2. The summed E-state index contributed by atoms with van der Waals surface area (Å²) in [6.45, 7) is 6.17. The quantitative estimate of drug-likeness (QED) is 0.440. The third-order valence-corrected chi connectivity index (χ3v) is 1.32. The molecule has 0 N–H and O–H groups in total. The van der Waals surface area contributed by atoms with Gasteiger partial charge in [0.1, 0.15) is 0 Å². The summed E-state index contributed by atoms with van der Waals surface area (Å²) >= 11 is 0. The van der Waals surface area contributed by atoms with Gasteiger partial charge in [-0.2, -0.15) is 10.2 Å². The largest absolute Gasteiger partial charge is 0.194 e. The van der Waals surface area contributed by atoms with Crippen LogP contribution in [0, 0.1) is 0 Å². The molecule has 0 aliphatic heterocycles. The van der Waals surface area contributed by atoms with Crippen molar-refractivity contribution in [3.05, 3.63) is 0 Å². The molecule has 0 rings (SSSR count). The molecule has 0 unspecified atom stereocenters. The second kappa shape index (κ2) is 12.6. The highest BCUT2D eigenvalue weighted by molar-refractivity contribution is 5.85. The van der Waals surface area contributed by atoms with Crippen LogP contribution >= 0.6 is 12.4 Å². The highest BCUT2D eigenvalue weighted by Crippen LogP contribution is 1.90. The summed E-state index contributed by atoms with van der Waals surface area (Å²) in [6, 6.07) is 0. The molecule has 0 aromatic heterocycles. The fraction of sp³-hybridized carbons (Fsp3) is 1.00. The molecular weight excluding hydrogens is 160 g/mol. The molecule has 0 aromatic carbocycles. The average molecular weight is 179 g/mol. The Kier molecular flexibility index (Phi) is 15.4. The van der Waals surface area contributed by atoms with Gasteiger partial charge < -0.3 is 0 Å². The molecule has 0 radical (unpaired) electrons. The summed E-state index contributed by atoms with van der Waals surface area (Å²) in [4.78, 5) is 0. The Bertz CT molecular complexity index is 74.2. The molecule has 0 bridgehead atoms. The van der Waals surface area contributed by atoms with Crippen molar-refractivity contribution in [1.29, 1.82) is 0 Å². The van der Waals surface area contributed by atoms with Crippen LogP contribution in [0.4, 0.5) is 0 Å². The summed E-state index contributed by atoms with van der Waals surface area (Å²) in [5.74, 6) is 0. The number of hydrogen-bond acceptors (Lipinski definition) is 2. The predicted octanol–water partition coefficient (Wildman–Crippen LogP) is 3.46. The van der Waals surface area contributed by atoms with Gasteiger partial charge in [-0.3, -0.25) is 0 Å². The summed E-state index contributed by atoms with van der Waals surface area (Å²) in [5, 5.41) is 8.05. The summed E-state index contributed by atoms with van der Waals surface area (Å²) in [7, 11) is 0. The van der Waals surface area contributed by atoms with Gasteiger partial charge in [0.25, 0.3) is 0 Å². The van der Waals surface area contributed by atoms with E-state index in [2.05, 4.69) is 24.1 Å². The lowest BCUT2D eigenvalue weighted by molar-refractivity contribution is 0.720. The second-order valence-electron chi connectivity index (χ2n) is 2.44. The molecule has 68 valence electrons. The van der Waals surface area contributed by atoms with Crippen LogP contribution in [0.15, 0.2) is 10.2 Å². The zero-order valence-electron chi connectivity index (χ0n) is 7.55. The number of unbranched alkanes of at least 4 members (excludes halogenated alkanes) is 2. The molecule has 0 atom stereocenters. The van der Waals surface area contributed by atoms with Gasteiger partial charge >= 0.3 is 0 Å². The van der Waals surface area contributed by atoms with Gasteiger partial charge in [0, 0.05) is 0 Å². The lowest BCUT2D eigenvalue weighted by Crippen LogP contribution is -1.80. The maximum Gasteiger partial charge on any atom is 0.0598 e. The Morgan fingerprint density at radius 1 is 0.818 bits per heavy atom. The first kappa shape index (κ1) is 13.5. The molecule has 2 nitrogen and oxygen atoms in total. The minimum Gasteiger partial charge on any atom is -0.194 e. The van der Waals surface area contributed by atoms with E-state index in [1.807, 2.05) is 0 Å². The minimum absolute atomic E-state index is 0. The summed E-state index contributed by atoms with van der Waals surface area (Å²) in [6.07, 6.45) is 4.78. The van der Waals surface area contributed by atoms with E-state index in [0.717, 1.165) is 13.1 Å². The normalized spacial score (nSPS) is 10.0. The van der Waals surface area contributed by atoms with Crippen molar-refractivity contribution < 1.29 is 0 Å². The molecule has 0 heterocycles. The molecule has 0 aliphatic rings. The van der Waals surface area contributed by atoms with Crippen molar-refractivity contribution in [1.82, 2.24) is 0 Å². The van der Waals surface area contributed by atoms with Gasteiger partial charge in [-0.05, 0) is 12.8 Å². The first-order valence-corrected chi connectivity index (χ1v) is 4.25. The third kappa shape index (κ3) is 13.0. The van der Waals surface area contributed by atoms with Gasteiger partial charge in [0.15, 0.2) is 0 Å². The van der Waals surface area contributed by atoms with Crippen molar-refractivity contribution in [3.8, 4) is 0 Å². The number of halogens is 1. The van der Waals surface area contributed by atoms with Gasteiger partial charge in [-0.15, -0.1) is 12.4 Å². The molecular formula is C8H19ClN2. The lowest BCUT2D eigenvalue weighted by Gasteiger charge is -1.89. The van der Waals surface area contributed by atoms with Crippen LogP contribution in [0.1, 0.15) is 39.5 Å². The fourth-order valence-electron chi connectivity index (χ4n) is 0.599. The zero-order valence-corrected chi connectivity index (χ0v) is 8.36. The lowest BCUT2D eigenvalue weighted by atomic mass is 10.3. The van der Waals surface area contributed by atoms with E-state index in [4.69, 9.17) is 0 Å². The summed E-state index contributed by atoms with van der Waals surface area (Å²) < 4.78 is 0. The van der Waals surface area contributed by atoms with Crippen LogP contribution in [0.25, 0.3) is 0 Å². The summed E-state index contributed by atoms with van der Waals surface area (Å²) in [5.41, 5.74) is 0. The van der Waals surface area contributed by atoms with Gasteiger partial charge in [-0.25, -0.2) is 0 Å². The van der Waals surface area contributed by atoms with Crippen molar-refractivity contribution >= 4 is 12.4 Å². The third-order valence-electron chi connectivity index (χ3n) is 1.32. The Hall–Kier alpha value is -0.110. The standard InChI is InChI=1S/C8H18N2.ClH/c1-3-5-7-9-10-8-6-4-2;/h3-8H2,1-2H3;1H. The molecule has 3 heteroatoms. The van der Waals surface area contributed by atoms with E-state index in [9.17, 15) is 0 Å². The monoisotopic (exact) mass is 178 g/mol. The Morgan fingerprint density at radius 2 is 1.18 bits per heavy atom. The van der Waals surface area contributed by atoms with Crippen LogP contribution in [-0.2, 0) is 0 Å². The predicted molar refractivity (Wildman–Crippen MR) is 51.7 cm³/mol. The van der Waals surface area contributed by atoms with Crippen molar-refractivity contribution in [2.75, 3.05) is 13.1 Å². The molecule has 0 fully saturated rings. The Balaban J connectivity index is 0. The number of hydrogen-bond donors (Lipinski definition) is 0. The van der Waals surface area contributed by atoms with Crippen LogP contribution in [-0.4, -0.2) is 13.1 Å². The molecule has 11 heavy (non-hydrogen) atoms. The molecule has 0 saturated carbocycles. The van der Waals surface area contributed by atoms with Crippen LogP contribution in [0.5, 0.6) is 0 Å². The van der Waals surface area contributed by atoms with Crippen molar-refractivity contribution in [2.45, 2.75) is 39.5 Å². The van der Waals surface area contributed by atoms with E-state index in [1.165, 1.54) is 25.7 Å².